The summed E-state index contributed by atoms with van der Waals surface area (Å²) in [6.45, 7) is 8.45. The summed E-state index contributed by atoms with van der Waals surface area (Å²) in [6.07, 6.45) is 22.2. The van der Waals surface area contributed by atoms with Crippen LogP contribution in [0.3, 0.4) is 0 Å². The molecule has 0 rings (SSSR count). The van der Waals surface area contributed by atoms with E-state index >= 15 is 0 Å². The molecule has 0 aromatic carbocycles. The highest BCUT2D eigenvalue weighted by Gasteiger charge is 2.45. The van der Waals surface area contributed by atoms with Gasteiger partial charge in [0.15, 0.2) is 0 Å². The molecule has 0 saturated carbocycles. The van der Waals surface area contributed by atoms with Crippen molar-refractivity contribution in [2.45, 2.75) is 141 Å². The van der Waals surface area contributed by atoms with Crippen LogP contribution in [0.15, 0.2) is 12.2 Å². The van der Waals surface area contributed by atoms with Gasteiger partial charge in [0.25, 0.3) is 0 Å². The van der Waals surface area contributed by atoms with E-state index in [-0.39, 0.29) is 0 Å². The molecule has 0 aliphatic rings. The predicted octanol–water partition coefficient (Wildman–Crippen LogP) is 5.57. The van der Waals surface area contributed by atoms with Crippen LogP contribution in [0.4, 0.5) is 0 Å². The zero-order chi connectivity index (χ0) is 21.3. The zero-order valence-electron chi connectivity index (χ0n) is 19.8. The van der Waals surface area contributed by atoms with Gasteiger partial charge < -0.3 is 15.3 Å². The highest BCUT2D eigenvalue weighted by atomic mass is 28.2. The van der Waals surface area contributed by atoms with Crippen molar-refractivity contribution in [2.75, 3.05) is 0 Å². The van der Waals surface area contributed by atoms with Gasteiger partial charge in [-0.25, -0.2) is 0 Å². The topological polar surface area (TPSA) is 55.5 Å². The minimum atomic E-state index is -0.724. The molecule has 0 spiro atoms. The molecule has 0 amide bonds. The predicted molar refractivity (Wildman–Crippen MR) is 128 cm³/mol. The Bertz CT molecular complexity index is 387. The lowest BCUT2D eigenvalue weighted by atomic mass is 9.74. The molecule has 4 heteroatoms. The van der Waals surface area contributed by atoms with Crippen molar-refractivity contribution in [3.63, 3.8) is 0 Å². The van der Waals surface area contributed by atoms with Crippen molar-refractivity contribution < 1.29 is 9.53 Å². The molecule has 28 heavy (non-hydrogen) atoms. The SMILES string of the molecule is CCCCCCCCCCCCCC=CC(O)C(N)(CCCC)C(C)(C)O[SiH3]. The van der Waals surface area contributed by atoms with Gasteiger partial charge in [-0.1, -0.05) is 103 Å². The minimum Gasteiger partial charge on any atom is -0.421 e. The summed E-state index contributed by atoms with van der Waals surface area (Å²) >= 11 is 0. The van der Waals surface area contributed by atoms with Crippen LogP contribution < -0.4 is 5.73 Å². The first-order valence-electron chi connectivity index (χ1n) is 12.0. The molecular weight excluding hydrogens is 362 g/mol. The van der Waals surface area contributed by atoms with Crippen LogP contribution in [0.1, 0.15) is 124 Å². The number of allylic oxidation sites excluding steroid dienone is 1. The van der Waals surface area contributed by atoms with Crippen molar-refractivity contribution in [2.24, 2.45) is 5.73 Å². The third-order valence-electron chi connectivity index (χ3n) is 6.40. The second kappa shape index (κ2) is 16.6. The Hall–Kier alpha value is -0.163. The second-order valence-electron chi connectivity index (χ2n) is 9.06. The fourth-order valence-corrected chi connectivity index (χ4v) is 4.17. The van der Waals surface area contributed by atoms with E-state index in [1.165, 1.54) is 70.6 Å². The van der Waals surface area contributed by atoms with Crippen molar-refractivity contribution in [3.8, 4) is 0 Å². The van der Waals surface area contributed by atoms with Crippen LogP contribution in [-0.4, -0.2) is 32.8 Å². The summed E-state index contributed by atoms with van der Waals surface area (Å²) in [5, 5.41) is 10.8. The van der Waals surface area contributed by atoms with E-state index < -0.39 is 17.2 Å². The Morgan fingerprint density at radius 1 is 0.857 bits per heavy atom. The number of aliphatic hydroxyl groups excluding tert-OH is 1. The maximum atomic E-state index is 10.8. The summed E-state index contributed by atoms with van der Waals surface area (Å²) < 4.78 is 5.76. The molecule has 0 aromatic heterocycles. The van der Waals surface area contributed by atoms with Crippen LogP contribution in [0, 0.1) is 0 Å². The van der Waals surface area contributed by atoms with Crippen LogP contribution in [-0.2, 0) is 4.43 Å². The van der Waals surface area contributed by atoms with Crippen LogP contribution >= 0.6 is 0 Å². The lowest BCUT2D eigenvalue weighted by molar-refractivity contribution is -0.0346. The molecule has 2 unspecified atom stereocenters. The highest BCUT2D eigenvalue weighted by molar-refractivity contribution is 5.98. The van der Waals surface area contributed by atoms with E-state index in [9.17, 15) is 5.11 Å². The normalized spacial score (nSPS) is 15.9. The highest BCUT2D eigenvalue weighted by Crippen LogP contribution is 2.32. The molecule has 0 bridgehead atoms. The lowest BCUT2D eigenvalue weighted by Gasteiger charge is -2.46. The Kier molecular flexibility index (Phi) is 16.5. The van der Waals surface area contributed by atoms with Crippen molar-refractivity contribution in [1.82, 2.24) is 0 Å². The van der Waals surface area contributed by atoms with Gasteiger partial charge in [-0.2, -0.15) is 0 Å². The summed E-state index contributed by atoms with van der Waals surface area (Å²) in [7, 11) is 0.624. The number of hydrogen-bond acceptors (Lipinski definition) is 3. The Balaban J connectivity index is 4.00. The minimum absolute atomic E-state index is 0.505. The molecule has 3 nitrogen and oxygen atoms in total. The summed E-state index contributed by atoms with van der Waals surface area (Å²) in [6, 6.07) is 0. The molecule has 0 aromatic rings. The maximum absolute atomic E-state index is 10.8. The van der Waals surface area contributed by atoms with E-state index in [4.69, 9.17) is 10.2 Å². The molecule has 0 saturated heterocycles. The number of nitrogens with two attached hydrogens (primary N) is 1. The van der Waals surface area contributed by atoms with E-state index in [1.807, 2.05) is 19.9 Å². The average Bonchev–Trinajstić information content (AvgIpc) is 2.69. The van der Waals surface area contributed by atoms with Gasteiger partial charge in [-0.3, -0.25) is 0 Å². The third-order valence-corrected chi connectivity index (χ3v) is 7.42. The molecule has 0 aliphatic carbocycles. The second-order valence-corrected chi connectivity index (χ2v) is 9.46. The summed E-state index contributed by atoms with van der Waals surface area (Å²) in [4.78, 5) is 0. The Labute approximate surface area is 179 Å². The van der Waals surface area contributed by atoms with Crippen molar-refractivity contribution >= 4 is 10.5 Å². The molecular formula is C24H51NO2Si. The molecule has 0 heterocycles. The van der Waals surface area contributed by atoms with E-state index in [1.54, 1.807) is 0 Å². The van der Waals surface area contributed by atoms with Gasteiger partial charge in [0.1, 0.15) is 10.5 Å². The first kappa shape index (κ1) is 27.8. The average molecular weight is 414 g/mol. The van der Waals surface area contributed by atoms with Gasteiger partial charge in [0, 0.05) is 0 Å². The summed E-state index contributed by atoms with van der Waals surface area (Å²) in [5.74, 6) is 0. The quantitative estimate of drug-likeness (QED) is 0.165. The molecule has 2 atom stereocenters. The Morgan fingerprint density at radius 2 is 1.32 bits per heavy atom. The standard InChI is InChI=1S/C24H51NO2Si/c1-5-7-9-10-11-12-13-14-15-16-17-18-19-20-22(26)24(25,21-8-6-2)23(3,4)27-28/h19-20,22,26H,5-18,21,25H2,1-4,28H3. The first-order valence-corrected chi connectivity index (χ1v) is 12.9. The number of unbranched alkanes of at least 4 members (excludes halogenated alkanes) is 12. The monoisotopic (exact) mass is 413 g/mol. The maximum Gasteiger partial charge on any atom is 0.146 e. The third kappa shape index (κ3) is 11.1. The van der Waals surface area contributed by atoms with E-state index in [2.05, 4.69) is 19.9 Å². The fraction of sp³-hybridized carbons (Fsp3) is 0.917. The molecule has 168 valence electrons. The van der Waals surface area contributed by atoms with Crippen LogP contribution in [0.2, 0.25) is 0 Å². The van der Waals surface area contributed by atoms with Gasteiger partial charge in [0.2, 0.25) is 0 Å². The molecule has 0 aliphatic heterocycles. The van der Waals surface area contributed by atoms with Crippen molar-refractivity contribution in [1.29, 1.82) is 0 Å². The number of aliphatic hydroxyl groups is 1. The van der Waals surface area contributed by atoms with Gasteiger partial charge in [-0.15, -0.1) is 0 Å². The first-order chi connectivity index (χ1) is 13.4. The van der Waals surface area contributed by atoms with E-state index in [0.717, 1.165) is 25.7 Å². The van der Waals surface area contributed by atoms with Crippen LogP contribution in [0.25, 0.3) is 0 Å². The Morgan fingerprint density at radius 3 is 1.79 bits per heavy atom. The number of hydrogen-bond donors (Lipinski definition) is 2. The lowest BCUT2D eigenvalue weighted by Crippen LogP contribution is -2.65. The molecule has 3 N–H and O–H groups in total. The van der Waals surface area contributed by atoms with Gasteiger partial charge in [0.05, 0.1) is 17.2 Å². The molecule has 0 fully saturated rings. The molecule has 0 radical (unpaired) electrons. The number of rotatable bonds is 19. The van der Waals surface area contributed by atoms with E-state index in [0.29, 0.717) is 10.5 Å². The van der Waals surface area contributed by atoms with Crippen LogP contribution in [0.5, 0.6) is 0 Å². The largest absolute Gasteiger partial charge is 0.421 e. The summed E-state index contributed by atoms with van der Waals surface area (Å²) in [5.41, 5.74) is 5.43. The van der Waals surface area contributed by atoms with Gasteiger partial charge >= 0.3 is 0 Å². The van der Waals surface area contributed by atoms with Crippen molar-refractivity contribution in [3.05, 3.63) is 12.2 Å². The fourth-order valence-electron chi connectivity index (χ4n) is 3.79. The zero-order valence-corrected chi connectivity index (χ0v) is 21.8. The smallest absolute Gasteiger partial charge is 0.146 e. The van der Waals surface area contributed by atoms with Gasteiger partial charge in [-0.05, 0) is 33.1 Å².